The van der Waals surface area contributed by atoms with Crippen molar-refractivity contribution in [2.45, 2.75) is 38.6 Å². The van der Waals surface area contributed by atoms with Crippen LogP contribution in [0.25, 0.3) is 0 Å². The van der Waals surface area contributed by atoms with Gasteiger partial charge in [-0.1, -0.05) is 0 Å². The smallest absolute Gasteiger partial charge is 0.385 e. The van der Waals surface area contributed by atoms with Crippen molar-refractivity contribution in [1.82, 2.24) is 10.3 Å². The van der Waals surface area contributed by atoms with Crippen LogP contribution in [0.5, 0.6) is 0 Å². The second-order valence-corrected chi connectivity index (χ2v) is 5.12. The molecule has 0 radical (unpaired) electrons. The van der Waals surface area contributed by atoms with Gasteiger partial charge in [-0.15, -0.1) is 0 Å². The molecular weight excluding hydrogens is 277 g/mol. The average Bonchev–Trinajstić information content (AvgIpc) is 2.24. The molecule has 0 fully saturated rings. The van der Waals surface area contributed by atoms with Crippen LogP contribution in [0.15, 0.2) is 18.3 Å². The minimum atomic E-state index is -4.40. The van der Waals surface area contributed by atoms with Crippen molar-refractivity contribution in [1.29, 1.82) is 0 Å². The third-order valence-corrected chi connectivity index (χ3v) is 2.28. The van der Waals surface area contributed by atoms with Crippen molar-refractivity contribution in [3.63, 3.8) is 0 Å². The second-order valence-electron chi connectivity index (χ2n) is 5.12. The number of aliphatic hydroxyl groups excluding tert-OH is 1. The van der Waals surface area contributed by atoms with E-state index >= 15 is 0 Å². The minimum Gasteiger partial charge on any atom is -0.385 e. The van der Waals surface area contributed by atoms with E-state index < -0.39 is 17.8 Å². The first-order valence-electron chi connectivity index (χ1n) is 5.56. The number of nitrogens with one attached hydrogen (secondary N) is 1. The van der Waals surface area contributed by atoms with Gasteiger partial charge < -0.3 is 10.4 Å². The third-order valence-electron chi connectivity index (χ3n) is 2.28. The number of alkyl halides is 3. The van der Waals surface area contributed by atoms with E-state index in [2.05, 4.69) is 10.3 Å². The van der Waals surface area contributed by atoms with E-state index in [1.54, 1.807) is 0 Å². The van der Waals surface area contributed by atoms with Crippen LogP contribution in [0.1, 0.15) is 38.1 Å². The van der Waals surface area contributed by atoms with Crippen LogP contribution in [0.2, 0.25) is 0 Å². The van der Waals surface area contributed by atoms with Crippen LogP contribution in [0, 0.1) is 0 Å². The van der Waals surface area contributed by atoms with Crippen molar-refractivity contribution in [2.75, 3.05) is 6.54 Å². The van der Waals surface area contributed by atoms with Crippen molar-refractivity contribution in [3.8, 4) is 0 Å². The van der Waals surface area contributed by atoms with Crippen molar-refractivity contribution in [3.05, 3.63) is 29.6 Å². The highest BCUT2D eigenvalue weighted by atomic mass is 32.1. The highest BCUT2D eigenvalue weighted by molar-refractivity contribution is 7.59. The number of rotatable bonds is 3. The molecule has 3 nitrogen and oxygen atoms in total. The molecule has 7 heteroatoms. The minimum absolute atomic E-state index is 0. The number of aliphatic hydroxyl groups is 1. The van der Waals surface area contributed by atoms with Gasteiger partial charge >= 0.3 is 6.18 Å². The fourth-order valence-electron chi connectivity index (χ4n) is 1.28. The van der Waals surface area contributed by atoms with E-state index in [0.29, 0.717) is 0 Å². The molecule has 0 aliphatic carbocycles. The summed E-state index contributed by atoms with van der Waals surface area (Å²) in [6.45, 7) is 6.03. The second kappa shape index (κ2) is 6.58. The topological polar surface area (TPSA) is 45.1 Å². The molecule has 1 rings (SSSR count). The molecule has 110 valence electrons. The molecule has 0 bridgehead atoms. The van der Waals surface area contributed by atoms with Crippen LogP contribution in [0.3, 0.4) is 0 Å². The lowest BCUT2D eigenvalue weighted by atomic mass is 10.1. The maximum atomic E-state index is 12.3. The molecule has 2 N–H and O–H groups in total. The lowest BCUT2D eigenvalue weighted by molar-refractivity contribution is -0.137. The normalized spacial score (nSPS) is 13.8. The van der Waals surface area contributed by atoms with Crippen molar-refractivity contribution < 1.29 is 18.3 Å². The number of halogens is 3. The van der Waals surface area contributed by atoms with Gasteiger partial charge in [-0.2, -0.15) is 26.7 Å². The van der Waals surface area contributed by atoms with Crippen molar-refractivity contribution >= 4 is 13.5 Å². The predicted octanol–water partition coefficient (Wildman–Crippen LogP) is 2.63. The molecule has 1 heterocycles. The summed E-state index contributed by atoms with van der Waals surface area (Å²) in [4.78, 5) is 3.64. The van der Waals surface area contributed by atoms with E-state index in [0.717, 1.165) is 12.3 Å². The summed E-state index contributed by atoms with van der Waals surface area (Å²) < 4.78 is 36.9. The number of hydrogen-bond acceptors (Lipinski definition) is 3. The summed E-state index contributed by atoms with van der Waals surface area (Å²) in [5.74, 6) is 0. The molecule has 0 saturated heterocycles. The lowest BCUT2D eigenvalue weighted by Gasteiger charge is -2.22. The Hall–Kier alpha value is -0.790. The number of nitrogens with zero attached hydrogens (tertiary/aromatic N) is 1. The predicted molar refractivity (Wildman–Crippen MR) is 72.3 cm³/mol. The Balaban J connectivity index is 0.00000324. The number of pyridine rings is 1. The molecule has 0 spiro atoms. The van der Waals surface area contributed by atoms with Gasteiger partial charge in [-0.05, 0) is 32.9 Å². The summed E-state index contributed by atoms with van der Waals surface area (Å²) in [7, 11) is 0. The quantitative estimate of drug-likeness (QED) is 0.901. The number of hydrogen-bond donors (Lipinski definition) is 2. The van der Waals surface area contributed by atoms with Gasteiger partial charge in [0.05, 0.1) is 11.3 Å². The first-order chi connectivity index (χ1) is 8.09. The monoisotopic (exact) mass is 296 g/mol. The van der Waals surface area contributed by atoms with E-state index in [4.69, 9.17) is 0 Å². The Morgan fingerprint density at radius 2 is 1.84 bits per heavy atom. The van der Waals surface area contributed by atoms with Gasteiger partial charge in [-0.25, -0.2) is 0 Å². The van der Waals surface area contributed by atoms with Crippen LogP contribution in [-0.4, -0.2) is 22.2 Å². The summed E-state index contributed by atoms with van der Waals surface area (Å²) in [5.41, 5.74) is -0.769. The van der Waals surface area contributed by atoms with Gasteiger partial charge in [0.2, 0.25) is 0 Å². The van der Waals surface area contributed by atoms with Gasteiger partial charge in [0.1, 0.15) is 6.10 Å². The van der Waals surface area contributed by atoms with Gasteiger partial charge in [0.25, 0.3) is 0 Å². The summed E-state index contributed by atoms with van der Waals surface area (Å²) in [5, 5.41) is 12.8. The fraction of sp³-hybridized carbons (Fsp3) is 0.583. The Bertz CT molecular complexity index is 387. The molecule has 1 atom stereocenters. The van der Waals surface area contributed by atoms with Crippen LogP contribution in [-0.2, 0) is 6.18 Å². The zero-order valence-corrected chi connectivity index (χ0v) is 12.0. The maximum absolute atomic E-state index is 12.3. The summed E-state index contributed by atoms with van der Waals surface area (Å²) in [6, 6.07) is 2.11. The standard InChI is InChI=1S/C12H17F3N2O.H2S/c1-11(2,3)17-7-10(18)9-5-4-8(6-16-9)12(13,14)15;/h4-6,10,17-18H,7H2,1-3H3;1H2/t10-;/m0./s1. The first kappa shape index (κ1) is 18.2. The first-order valence-corrected chi connectivity index (χ1v) is 5.56. The lowest BCUT2D eigenvalue weighted by Crippen LogP contribution is -2.38. The van der Waals surface area contributed by atoms with Gasteiger partial charge in [-0.3, -0.25) is 4.98 Å². The Kier molecular flexibility index (Phi) is 6.31. The molecule has 0 saturated carbocycles. The van der Waals surface area contributed by atoms with E-state index in [1.165, 1.54) is 6.07 Å². The number of aromatic nitrogens is 1. The molecule has 0 aliphatic heterocycles. The van der Waals surface area contributed by atoms with E-state index in [9.17, 15) is 18.3 Å². The zero-order chi connectivity index (χ0) is 14.0. The Morgan fingerprint density at radius 1 is 1.26 bits per heavy atom. The Labute approximate surface area is 117 Å². The summed E-state index contributed by atoms with van der Waals surface area (Å²) >= 11 is 0. The van der Waals surface area contributed by atoms with Crippen LogP contribution in [0.4, 0.5) is 13.2 Å². The van der Waals surface area contributed by atoms with Crippen molar-refractivity contribution in [2.24, 2.45) is 0 Å². The molecule has 1 aromatic rings. The third kappa shape index (κ3) is 6.26. The maximum Gasteiger partial charge on any atom is 0.417 e. The fourth-order valence-corrected chi connectivity index (χ4v) is 1.28. The van der Waals surface area contributed by atoms with Gasteiger partial charge in [0.15, 0.2) is 0 Å². The SMILES string of the molecule is CC(C)(C)NC[C@H](O)c1ccc(C(F)(F)F)cn1.S. The molecule has 0 amide bonds. The molecule has 0 unspecified atom stereocenters. The number of β-amino-alcohol motifs (C(OH)–C–C–N with tert-alkyl or cyclic N) is 1. The molecular formula is C12H19F3N2OS. The molecule has 0 aliphatic rings. The average molecular weight is 296 g/mol. The molecule has 0 aromatic carbocycles. The molecule has 1 aromatic heterocycles. The van der Waals surface area contributed by atoms with Crippen LogP contribution < -0.4 is 5.32 Å². The Morgan fingerprint density at radius 3 is 2.21 bits per heavy atom. The highest BCUT2D eigenvalue weighted by Crippen LogP contribution is 2.28. The van der Waals surface area contributed by atoms with E-state index in [-0.39, 0.29) is 31.3 Å². The largest absolute Gasteiger partial charge is 0.417 e. The zero-order valence-electron chi connectivity index (χ0n) is 11.0. The summed E-state index contributed by atoms with van der Waals surface area (Å²) in [6.07, 6.45) is -4.60. The van der Waals surface area contributed by atoms with Crippen LogP contribution >= 0.6 is 13.5 Å². The van der Waals surface area contributed by atoms with Gasteiger partial charge in [0, 0.05) is 18.3 Å². The van der Waals surface area contributed by atoms with E-state index in [1.807, 2.05) is 20.8 Å². The molecule has 19 heavy (non-hydrogen) atoms. The highest BCUT2D eigenvalue weighted by Gasteiger charge is 2.30.